The number of rotatable bonds is 22. The molecule has 1 aliphatic rings. The molecule has 8 N–H and O–H groups in total. The van der Waals surface area contributed by atoms with Crippen LogP contribution in [-0.4, -0.2) is 91.4 Å². The number of amides is 2. The Morgan fingerprint density at radius 1 is 0.571 bits per heavy atom. The first kappa shape index (κ1) is 45.0. The summed E-state index contributed by atoms with van der Waals surface area (Å²) in [6.07, 6.45) is 6.96. The fourth-order valence-corrected chi connectivity index (χ4v) is 6.71. The van der Waals surface area contributed by atoms with Crippen LogP contribution < -0.4 is 51.7 Å². The minimum absolute atomic E-state index is 0.190. The van der Waals surface area contributed by atoms with Gasteiger partial charge in [-0.05, 0) is 88.8 Å². The average Bonchev–Trinajstić information content (AvgIpc) is 3.16. The summed E-state index contributed by atoms with van der Waals surface area (Å²) in [4.78, 5) is 37.0. The van der Waals surface area contributed by atoms with Crippen molar-refractivity contribution < 1.29 is 28.5 Å². The molecule has 2 aromatic carbocycles. The number of unbranched alkanes of at least 4 members (excludes halogenated alkanes) is 2. The van der Waals surface area contributed by atoms with E-state index in [2.05, 4.69) is 31.3 Å². The fourth-order valence-electron chi connectivity index (χ4n) is 6.71. The molecular formula is C42H64N8O6. The van der Waals surface area contributed by atoms with Gasteiger partial charge in [0.25, 0.3) is 0 Å². The molecule has 2 aromatic rings. The molecule has 0 radical (unpaired) electrons. The lowest BCUT2D eigenvalue weighted by molar-refractivity contribution is -0.144. The molecule has 0 aromatic heterocycles. The Morgan fingerprint density at radius 3 is 1.23 bits per heavy atom. The van der Waals surface area contributed by atoms with Crippen molar-refractivity contribution in [3.8, 4) is 23.0 Å². The first-order valence-corrected chi connectivity index (χ1v) is 19.3. The summed E-state index contributed by atoms with van der Waals surface area (Å²) < 4.78 is 22.4. The second-order valence-electron chi connectivity index (χ2n) is 14.2. The number of allylic oxidation sites excluding steroid dienone is 2. The smallest absolute Gasteiger partial charge is 0.224 e. The first-order valence-electron chi connectivity index (χ1n) is 19.3. The van der Waals surface area contributed by atoms with E-state index in [-0.39, 0.29) is 23.7 Å². The zero-order valence-electron chi connectivity index (χ0n) is 34.5. The normalized spacial score (nSPS) is 17.8. The first-order chi connectivity index (χ1) is 26.9. The Labute approximate surface area is 332 Å². The van der Waals surface area contributed by atoms with E-state index in [1.807, 2.05) is 76.2 Å². The third-order valence-electron chi connectivity index (χ3n) is 9.68. The minimum Gasteiger partial charge on any atom is -0.493 e. The van der Waals surface area contributed by atoms with E-state index >= 15 is 0 Å². The van der Waals surface area contributed by atoms with Crippen LogP contribution in [0, 0.1) is 11.8 Å². The molecular weight excluding hydrogens is 713 g/mol. The summed E-state index contributed by atoms with van der Waals surface area (Å²) in [5, 5.41) is 12.5. The second-order valence-corrected chi connectivity index (χ2v) is 14.2. The zero-order valence-corrected chi connectivity index (χ0v) is 34.5. The highest BCUT2D eigenvalue weighted by atomic mass is 16.5. The summed E-state index contributed by atoms with van der Waals surface area (Å²) in [7, 11) is 6.31. The van der Waals surface area contributed by atoms with E-state index in [9.17, 15) is 9.59 Å². The number of hydrogen-bond donors (Lipinski definition) is 6. The molecule has 0 bridgehead atoms. The lowest BCUT2D eigenvalue weighted by Crippen LogP contribution is -2.57. The van der Waals surface area contributed by atoms with Crippen molar-refractivity contribution in [2.24, 2.45) is 33.3 Å². The van der Waals surface area contributed by atoms with Crippen LogP contribution in [0.4, 0.5) is 0 Å². The number of carbonyl (C=O) groups is 2. The van der Waals surface area contributed by atoms with Gasteiger partial charge in [-0.25, -0.2) is 9.98 Å². The number of guanidine groups is 2. The molecule has 14 heteroatoms. The number of carbonyl (C=O) groups excluding carboxylic acids is 2. The molecule has 14 nitrogen and oxygen atoms in total. The van der Waals surface area contributed by atoms with E-state index in [0.717, 1.165) is 24.0 Å². The molecule has 4 unspecified atom stereocenters. The highest BCUT2D eigenvalue weighted by Crippen LogP contribution is 2.59. The Kier molecular flexibility index (Phi) is 18.9. The minimum atomic E-state index is -0.666. The zero-order chi connectivity index (χ0) is 41.0. The molecule has 3 rings (SSSR count). The van der Waals surface area contributed by atoms with Crippen molar-refractivity contribution in [2.75, 3.05) is 67.7 Å². The van der Waals surface area contributed by atoms with E-state index in [1.165, 1.54) is 11.1 Å². The van der Waals surface area contributed by atoms with Crippen LogP contribution in [0.25, 0.3) is 0 Å². The van der Waals surface area contributed by atoms with Gasteiger partial charge in [0.2, 0.25) is 11.8 Å². The van der Waals surface area contributed by atoms with Crippen LogP contribution in [0.15, 0.2) is 69.7 Å². The fraction of sp³-hybridized carbons (Fsp3) is 0.524. The van der Waals surface area contributed by atoms with Gasteiger partial charge < -0.3 is 51.7 Å². The lowest BCUT2D eigenvalue weighted by atomic mass is 9.51. The molecule has 4 atom stereocenters. The van der Waals surface area contributed by atoms with E-state index in [0.29, 0.717) is 87.0 Å². The van der Waals surface area contributed by atoms with Crippen LogP contribution >= 0.6 is 0 Å². The van der Waals surface area contributed by atoms with Gasteiger partial charge in [-0.3, -0.25) is 9.59 Å². The number of methoxy groups -OCH3 is 4. The number of aliphatic imine (C=N–C) groups is 2. The van der Waals surface area contributed by atoms with Crippen LogP contribution in [0.3, 0.4) is 0 Å². The number of ether oxygens (including phenoxy) is 4. The van der Waals surface area contributed by atoms with Crippen LogP contribution in [0.1, 0.15) is 76.3 Å². The molecule has 56 heavy (non-hydrogen) atoms. The number of nitrogens with zero attached hydrogens (tertiary/aromatic N) is 2. The van der Waals surface area contributed by atoms with Gasteiger partial charge in [-0.2, -0.15) is 0 Å². The summed E-state index contributed by atoms with van der Waals surface area (Å²) in [6.45, 7) is 11.2. The predicted octanol–water partition coefficient (Wildman–Crippen LogP) is 4.37. The van der Waals surface area contributed by atoms with E-state index in [1.54, 1.807) is 28.4 Å². The Hall–Kier alpha value is -5.40. The number of nitrogens with two attached hydrogens (primary N) is 2. The van der Waals surface area contributed by atoms with Gasteiger partial charge in [0.1, 0.15) is 0 Å². The molecule has 0 saturated heterocycles. The van der Waals surface area contributed by atoms with Gasteiger partial charge in [0.15, 0.2) is 34.9 Å². The summed E-state index contributed by atoms with van der Waals surface area (Å²) >= 11 is 0. The van der Waals surface area contributed by atoms with Gasteiger partial charge in [0, 0.05) is 38.0 Å². The molecule has 0 spiro atoms. The molecule has 308 valence electrons. The molecule has 0 heterocycles. The van der Waals surface area contributed by atoms with Crippen LogP contribution in [0.5, 0.6) is 23.0 Å². The lowest BCUT2D eigenvalue weighted by Gasteiger charge is -2.51. The Bertz CT molecular complexity index is 1580. The van der Waals surface area contributed by atoms with Crippen molar-refractivity contribution in [1.82, 2.24) is 21.3 Å². The Morgan fingerprint density at radius 2 is 0.911 bits per heavy atom. The second kappa shape index (κ2) is 23.5. The molecule has 1 fully saturated rings. The van der Waals surface area contributed by atoms with Gasteiger partial charge in [-0.15, -0.1) is 0 Å². The number of nitrogens with one attached hydrogen (secondary N) is 4. The maximum absolute atomic E-state index is 14.2. The standard InChI is InChI=1S/C42H64N8O6/c1-27(2)17-23-49-41(43)47-21-11-9-19-45-39(51)37-35(29-13-15-31(53-5)33(25-29)55-7)36(30-14-16-32(54-6)34(26-30)56-8)38(37)40(52)46-20-10-12-22-48-42(44)50-24-18-28(3)4/h13-18,25-26,35-38H,9-12,19-24H2,1-8H3,(H,45,51)(H,46,52)(H3,43,47,49)(H3,44,48,50). The predicted molar refractivity (Wildman–Crippen MR) is 224 cm³/mol. The van der Waals surface area contributed by atoms with Gasteiger partial charge in [-0.1, -0.05) is 35.4 Å². The highest BCUT2D eigenvalue weighted by molar-refractivity contribution is 5.92. The van der Waals surface area contributed by atoms with Crippen molar-refractivity contribution in [3.05, 3.63) is 70.8 Å². The number of benzene rings is 2. The van der Waals surface area contributed by atoms with Crippen molar-refractivity contribution in [1.29, 1.82) is 0 Å². The molecule has 1 saturated carbocycles. The van der Waals surface area contributed by atoms with Crippen molar-refractivity contribution >= 4 is 23.7 Å². The monoisotopic (exact) mass is 776 g/mol. The van der Waals surface area contributed by atoms with Crippen LogP contribution in [-0.2, 0) is 9.59 Å². The topological polar surface area (TPSA) is 196 Å². The largest absolute Gasteiger partial charge is 0.493 e. The van der Waals surface area contributed by atoms with Crippen molar-refractivity contribution in [3.63, 3.8) is 0 Å². The summed E-state index contributed by atoms with van der Waals surface area (Å²) in [5.74, 6) is 0.554. The third-order valence-corrected chi connectivity index (χ3v) is 9.68. The van der Waals surface area contributed by atoms with Gasteiger partial charge in [0.05, 0.1) is 53.4 Å². The highest BCUT2D eigenvalue weighted by Gasteiger charge is 2.58. The molecule has 0 aliphatic heterocycles. The van der Waals surface area contributed by atoms with Crippen LogP contribution in [0.2, 0.25) is 0 Å². The number of hydrogen-bond acceptors (Lipinski definition) is 8. The molecule has 1 aliphatic carbocycles. The summed E-state index contributed by atoms with van der Waals surface area (Å²) in [5.41, 5.74) is 16.0. The van der Waals surface area contributed by atoms with E-state index < -0.39 is 11.8 Å². The quantitative estimate of drug-likeness (QED) is 0.0433. The van der Waals surface area contributed by atoms with Crippen molar-refractivity contribution in [2.45, 2.75) is 65.2 Å². The average molecular weight is 777 g/mol. The summed E-state index contributed by atoms with van der Waals surface area (Å²) in [6, 6.07) is 11.3. The SMILES string of the molecule is COc1ccc(C2C(C(=O)NCCCCNC(N)=NCC=C(C)C)C(C(=O)NCCCCNC(N)=NCC=C(C)C)C2c2ccc(OC)c(OC)c2)cc1OC. The maximum Gasteiger partial charge on any atom is 0.224 e. The maximum atomic E-state index is 14.2. The van der Waals surface area contributed by atoms with E-state index in [4.69, 9.17) is 30.4 Å². The molecule has 2 amide bonds. The Balaban J connectivity index is 1.82. The third kappa shape index (κ3) is 13.4. The van der Waals surface area contributed by atoms with Gasteiger partial charge >= 0.3 is 0 Å².